The molecule has 1 saturated carbocycles. The average Bonchev–Trinajstić information content (AvgIpc) is 1.37. The normalized spacial score (nSPS) is 18.6. The van der Waals surface area contributed by atoms with Gasteiger partial charge in [0.1, 0.15) is 23.6 Å². The van der Waals surface area contributed by atoms with E-state index in [2.05, 4.69) is 52.3 Å². The molecule has 5 amide bonds. The standard InChI is InChI=1S/C75H90N14O8S3/c1-7-84-34-36-85(37-35-84)43-54-38-56(24-26-62(54)86-31-29-53(30-32-86)69(91)81-68(75(4,5)6)73(95)88-44-55(90)39-63(88)71(93)76-40-49-20-22-52(23-21-49)67-47(2)77-46-98-67)100(96,97)83-72(94)66-57(59-41-78-89(48(59)3)42-50-14-9-8-10-15-50)25-27-65(80-66)87-33-28-51-16-13-17-58(60(51)45-87)70(92)82-74-79-61-18-11-12-19-64(61)99-74/h11-13,16-27,38,41,46,50,53,55,63,68,90H,7-10,14-15,28-37,39-40,42-45H2,1-6H3,(H,76,93)(H,81,91)(H,83,94)(H,79,82,92)/t55-,63+,68-/m1/s1. The number of rotatable bonds is 20. The summed E-state index contributed by atoms with van der Waals surface area (Å²) >= 11 is 2.97. The molecule has 22 nitrogen and oxygen atoms in total. The lowest BCUT2D eigenvalue weighted by atomic mass is 9.84. The Morgan fingerprint density at radius 3 is 2.27 bits per heavy atom. The fourth-order valence-electron chi connectivity index (χ4n) is 14.9. The maximum absolute atomic E-state index is 15.2. The van der Waals surface area contributed by atoms with Gasteiger partial charge in [0.2, 0.25) is 17.7 Å². The fourth-order valence-corrected chi connectivity index (χ4v) is 17.6. The van der Waals surface area contributed by atoms with Gasteiger partial charge in [0, 0.05) is 119 Å². The molecule has 0 radical (unpaired) electrons. The number of piperazine rings is 1. The number of pyridine rings is 1. The number of aliphatic hydroxyl groups is 1. The zero-order valence-corrected chi connectivity index (χ0v) is 60.3. The minimum atomic E-state index is -4.56. The van der Waals surface area contributed by atoms with Gasteiger partial charge in [0.25, 0.3) is 21.8 Å². The van der Waals surface area contributed by atoms with Crippen LogP contribution in [0.25, 0.3) is 31.8 Å². The van der Waals surface area contributed by atoms with E-state index >= 15 is 13.2 Å². The molecule has 5 N–H and O–H groups in total. The van der Waals surface area contributed by atoms with Crippen LogP contribution < -0.4 is 30.5 Å². The smallest absolute Gasteiger partial charge is 0.284 e. The van der Waals surface area contributed by atoms with Gasteiger partial charge < -0.3 is 35.3 Å². The Morgan fingerprint density at radius 2 is 1.54 bits per heavy atom. The third-order valence-corrected chi connectivity index (χ3v) is 24.1. The minimum absolute atomic E-state index is 0.0443. The van der Waals surface area contributed by atoms with Crippen LogP contribution >= 0.6 is 22.7 Å². The molecule has 526 valence electrons. The zero-order chi connectivity index (χ0) is 70.0. The Hall–Kier alpha value is -8.46. The third kappa shape index (κ3) is 15.5. The van der Waals surface area contributed by atoms with E-state index in [0.717, 1.165) is 112 Å². The summed E-state index contributed by atoms with van der Waals surface area (Å²) in [5, 5.41) is 25.4. The van der Waals surface area contributed by atoms with Crippen molar-refractivity contribution in [3.8, 4) is 21.6 Å². The molecule has 0 bridgehead atoms. The number of nitrogens with zero attached hydrogens (tertiary/aromatic N) is 10. The van der Waals surface area contributed by atoms with Crippen LogP contribution in [0.2, 0.25) is 0 Å². The lowest BCUT2D eigenvalue weighted by Gasteiger charge is -2.38. The predicted molar refractivity (Wildman–Crippen MR) is 391 cm³/mol. The maximum Gasteiger partial charge on any atom is 0.284 e. The van der Waals surface area contributed by atoms with E-state index in [1.807, 2.05) is 123 Å². The number of nitrogens with one attached hydrogen (secondary N) is 4. The highest BCUT2D eigenvalue weighted by Crippen LogP contribution is 2.37. The maximum atomic E-state index is 15.2. The van der Waals surface area contributed by atoms with E-state index in [1.165, 1.54) is 41.6 Å². The van der Waals surface area contributed by atoms with Crippen LogP contribution in [0.15, 0.2) is 114 Å². The van der Waals surface area contributed by atoms with Crippen molar-refractivity contribution in [3.63, 3.8) is 0 Å². The first kappa shape index (κ1) is 70.0. The number of aryl methyl sites for hydroxylation is 1. The second-order valence-electron chi connectivity index (χ2n) is 28.5. The van der Waals surface area contributed by atoms with Crippen molar-refractivity contribution in [1.29, 1.82) is 0 Å². The van der Waals surface area contributed by atoms with Gasteiger partial charge >= 0.3 is 0 Å². The Morgan fingerprint density at radius 1 is 0.780 bits per heavy atom. The van der Waals surface area contributed by atoms with E-state index in [1.54, 1.807) is 35.7 Å². The van der Waals surface area contributed by atoms with E-state index < -0.39 is 51.4 Å². The van der Waals surface area contributed by atoms with Crippen molar-refractivity contribution in [2.75, 3.05) is 74.0 Å². The highest BCUT2D eigenvalue weighted by molar-refractivity contribution is 7.90. The predicted octanol–water partition coefficient (Wildman–Crippen LogP) is 9.97. The van der Waals surface area contributed by atoms with Crippen molar-refractivity contribution in [1.82, 2.24) is 54.8 Å². The van der Waals surface area contributed by atoms with Crippen LogP contribution in [0, 0.1) is 31.1 Å². The van der Waals surface area contributed by atoms with E-state index in [-0.39, 0.29) is 47.8 Å². The Labute approximate surface area is 593 Å². The molecule has 100 heavy (non-hydrogen) atoms. The number of thiazole rings is 2. The first-order valence-corrected chi connectivity index (χ1v) is 38.3. The fraction of sp³-hybridized carbons (Fsp3) is 0.453. The number of likely N-dealkylation sites (N-methyl/N-ethyl adjacent to an activating group) is 1. The number of sulfonamides is 1. The van der Waals surface area contributed by atoms with Gasteiger partial charge in [-0.1, -0.05) is 107 Å². The molecule has 4 aromatic carbocycles. The van der Waals surface area contributed by atoms with Crippen molar-refractivity contribution in [3.05, 3.63) is 154 Å². The molecule has 0 unspecified atom stereocenters. The lowest BCUT2D eigenvalue weighted by molar-refractivity contribution is -0.144. The van der Waals surface area contributed by atoms with E-state index in [0.29, 0.717) is 85.5 Å². The summed E-state index contributed by atoms with van der Waals surface area (Å²) in [6, 6.07) is 28.1. The number of β-amino-alcohol motifs (C(OH)–C–C–N with tert-alkyl or cyclic N) is 1. The molecule has 3 atom stereocenters. The van der Waals surface area contributed by atoms with E-state index in [4.69, 9.17) is 10.1 Å². The summed E-state index contributed by atoms with van der Waals surface area (Å²) in [7, 11) is -4.56. The number of carbonyl (C=O) groups is 5. The topological polar surface area (TPSA) is 261 Å². The number of hydrogen-bond donors (Lipinski definition) is 5. The second kappa shape index (κ2) is 30.0. The second-order valence-corrected chi connectivity index (χ2v) is 32.1. The molecule has 8 heterocycles. The molecule has 5 aliphatic rings. The summed E-state index contributed by atoms with van der Waals surface area (Å²) < 4.78 is 35.4. The van der Waals surface area contributed by atoms with Crippen molar-refractivity contribution >= 4 is 89.1 Å². The number of likely N-dealkylation sites (tertiary alicyclic amines) is 1. The highest BCUT2D eigenvalue weighted by Gasteiger charge is 2.45. The summed E-state index contributed by atoms with van der Waals surface area (Å²) in [6.45, 7) is 19.0. The van der Waals surface area contributed by atoms with Gasteiger partial charge in [-0.25, -0.2) is 28.1 Å². The van der Waals surface area contributed by atoms with Crippen LogP contribution in [0.5, 0.6) is 0 Å². The van der Waals surface area contributed by atoms with Gasteiger partial charge in [0.15, 0.2) is 5.13 Å². The van der Waals surface area contributed by atoms with Gasteiger partial charge in [-0.3, -0.25) is 38.9 Å². The molecular weight excluding hydrogens is 1320 g/mol. The zero-order valence-electron chi connectivity index (χ0n) is 57.8. The number of aromatic nitrogens is 5. The number of fused-ring (bicyclic) bond motifs is 2. The molecular formula is C75H90N14O8S3. The number of amides is 5. The summed E-state index contributed by atoms with van der Waals surface area (Å²) in [5.74, 6) is -1.82. The third-order valence-electron chi connectivity index (χ3n) is 20.8. The SMILES string of the molecule is CCN1CCN(Cc2cc(S(=O)(=O)NC(=O)c3nc(N4CCc5cccc(C(=O)Nc6nc7ccccc7s6)c5C4)ccc3-c3cnn(CC4CCCCC4)c3C)ccc2N2CCC(C(=O)N[C@H](C(=O)N3C[C@H](O)C[C@H]3C(=O)NCc3ccc(-c4scnc4C)cc3)C(C)(C)C)CC2)CC1. The van der Waals surface area contributed by atoms with Crippen LogP contribution in [0.1, 0.15) is 134 Å². The van der Waals surface area contributed by atoms with Crippen molar-refractivity contribution in [2.45, 2.75) is 149 Å². The quantitative estimate of drug-likeness (QED) is 0.0475. The summed E-state index contributed by atoms with van der Waals surface area (Å²) in [4.78, 5) is 97.7. The first-order valence-electron chi connectivity index (χ1n) is 35.2. The van der Waals surface area contributed by atoms with Gasteiger partial charge in [-0.2, -0.15) is 5.10 Å². The van der Waals surface area contributed by atoms with Gasteiger partial charge in [0.05, 0.1) is 43.5 Å². The summed E-state index contributed by atoms with van der Waals surface area (Å²) in [6.07, 6.45) is 8.18. The molecule has 25 heteroatoms. The summed E-state index contributed by atoms with van der Waals surface area (Å²) in [5.41, 5.74) is 10.5. The average molecular weight is 1410 g/mol. The first-order chi connectivity index (χ1) is 48.1. The van der Waals surface area contributed by atoms with Crippen molar-refractivity contribution in [2.24, 2.45) is 17.3 Å². The number of para-hydroxylation sites is 1. The number of anilines is 3. The van der Waals surface area contributed by atoms with E-state index in [9.17, 15) is 24.3 Å². The Bertz CT molecular complexity index is 4410. The molecule has 13 rings (SSSR count). The molecule has 8 aromatic rings. The molecule has 4 aromatic heterocycles. The molecule has 4 aliphatic heterocycles. The van der Waals surface area contributed by atoms with Crippen LogP contribution in [-0.2, 0) is 57.0 Å². The largest absolute Gasteiger partial charge is 0.391 e. The number of benzene rings is 4. The molecule has 0 spiro atoms. The minimum Gasteiger partial charge on any atom is -0.391 e. The Balaban J connectivity index is 0.719. The van der Waals surface area contributed by atoms with Gasteiger partial charge in [-0.05, 0) is 140 Å². The Kier molecular flexibility index (Phi) is 21.0. The molecule has 4 fully saturated rings. The number of aliphatic hydroxyl groups excluding tert-OH is 1. The van der Waals surface area contributed by atoms with Crippen molar-refractivity contribution < 1.29 is 37.5 Å². The van der Waals surface area contributed by atoms with Gasteiger partial charge in [-0.15, -0.1) is 11.3 Å². The van der Waals surface area contributed by atoms with Crippen LogP contribution in [0.4, 0.5) is 16.6 Å². The number of carbonyl (C=O) groups excluding carboxylic acids is 5. The van der Waals surface area contributed by atoms with Crippen LogP contribution in [-0.4, -0.2) is 160 Å². The van der Waals surface area contributed by atoms with Crippen LogP contribution in [0.3, 0.4) is 0 Å². The highest BCUT2D eigenvalue weighted by atomic mass is 32.2. The monoisotopic (exact) mass is 1410 g/mol. The molecule has 3 saturated heterocycles. The number of hydrogen-bond acceptors (Lipinski definition) is 18. The lowest BCUT2D eigenvalue weighted by Crippen LogP contribution is -2.58. The molecule has 1 aliphatic carbocycles. The number of piperidine rings is 1.